The van der Waals surface area contributed by atoms with E-state index in [2.05, 4.69) is 24.1 Å². The number of anilines is 1. The third-order valence-electron chi connectivity index (χ3n) is 3.10. The van der Waals surface area contributed by atoms with Crippen molar-refractivity contribution >= 4 is 15.8 Å². The highest BCUT2D eigenvalue weighted by Crippen LogP contribution is 2.22. The Balaban J connectivity index is 2.09. The van der Waals surface area contributed by atoms with E-state index in [-0.39, 0.29) is 5.92 Å². The molecule has 0 spiro atoms. The molecule has 0 aliphatic carbocycles. The molecule has 2 heterocycles. The molecular weight excluding hydrogens is 250 g/mol. The van der Waals surface area contributed by atoms with Gasteiger partial charge in [-0.15, -0.1) is 0 Å². The molecule has 18 heavy (non-hydrogen) atoms. The highest BCUT2D eigenvalue weighted by atomic mass is 32.2. The van der Waals surface area contributed by atoms with Crippen molar-refractivity contribution in [3.8, 4) is 0 Å². The van der Waals surface area contributed by atoms with Crippen molar-refractivity contribution in [3.63, 3.8) is 0 Å². The molecule has 102 valence electrons. The van der Waals surface area contributed by atoms with Crippen LogP contribution in [-0.4, -0.2) is 35.5 Å². The number of aromatic nitrogens is 2. The SMILES string of the molecule is Cc1cn(CC2CCS(=O)(=O)C2)c(NC(C)C)n1. The summed E-state index contributed by atoms with van der Waals surface area (Å²) >= 11 is 0. The minimum atomic E-state index is -2.80. The summed E-state index contributed by atoms with van der Waals surface area (Å²) in [7, 11) is -2.80. The molecule has 1 fully saturated rings. The van der Waals surface area contributed by atoms with Crippen LogP contribution in [0.5, 0.6) is 0 Å². The summed E-state index contributed by atoms with van der Waals surface area (Å²) in [6.07, 6.45) is 2.75. The van der Waals surface area contributed by atoms with E-state index in [1.54, 1.807) is 0 Å². The van der Waals surface area contributed by atoms with E-state index < -0.39 is 9.84 Å². The standard InChI is InChI=1S/C12H21N3O2S/c1-9(2)13-12-14-10(3)6-15(12)7-11-4-5-18(16,17)8-11/h6,9,11H,4-5,7-8H2,1-3H3,(H,13,14). The normalized spacial score (nSPS) is 22.6. The number of hydrogen-bond donors (Lipinski definition) is 1. The molecule has 0 aromatic carbocycles. The van der Waals surface area contributed by atoms with Crippen molar-refractivity contribution in [1.82, 2.24) is 9.55 Å². The molecule has 1 unspecified atom stereocenters. The molecule has 1 N–H and O–H groups in total. The summed E-state index contributed by atoms with van der Waals surface area (Å²) in [6, 6.07) is 0.317. The lowest BCUT2D eigenvalue weighted by Crippen LogP contribution is -2.18. The van der Waals surface area contributed by atoms with Crippen LogP contribution in [0.3, 0.4) is 0 Å². The zero-order valence-corrected chi connectivity index (χ0v) is 12.0. The summed E-state index contributed by atoms with van der Waals surface area (Å²) in [5.41, 5.74) is 0.957. The van der Waals surface area contributed by atoms with Gasteiger partial charge in [-0.25, -0.2) is 13.4 Å². The zero-order valence-electron chi connectivity index (χ0n) is 11.2. The first-order chi connectivity index (χ1) is 8.35. The van der Waals surface area contributed by atoms with E-state index in [9.17, 15) is 8.42 Å². The minimum absolute atomic E-state index is 0.219. The summed E-state index contributed by atoms with van der Waals surface area (Å²) in [6.45, 7) is 6.81. The van der Waals surface area contributed by atoms with E-state index in [4.69, 9.17) is 0 Å². The Morgan fingerprint density at radius 2 is 2.28 bits per heavy atom. The van der Waals surface area contributed by atoms with Crippen molar-refractivity contribution < 1.29 is 8.42 Å². The predicted molar refractivity (Wildman–Crippen MR) is 72.5 cm³/mol. The first-order valence-corrected chi connectivity index (χ1v) is 8.18. The quantitative estimate of drug-likeness (QED) is 0.900. The van der Waals surface area contributed by atoms with Crippen LogP contribution in [0, 0.1) is 12.8 Å². The van der Waals surface area contributed by atoms with E-state index in [0.29, 0.717) is 17.5 Å². The van der Waals surface area contributed by atoms with Crippen molar-refractivity contribution in [1.29, 1.82) is 0 Å². The first-order valence-electron chi connectivity index (χ1n) is 6.36. The van der Waals surface area contributed by atoms with Gasteiger partial charge in [0.1, 0.15) is 0 Å². The highest BCUT2D eigenvalue weighted by molar-refractivity contribution is 7.91. The number of aryl methyl sites for hydroxylation is 1. The number of sulfone groups is 1. The van der Waals surface area contributed by atoms with Gasteiger partial charge in [0.05, 0.1) is 17.2 Å². The molecule has 0 bridgehead atoms. The second-order valence-electron chi connectivity index (χ2n) is 5.43. The van der Waals surface area contributed by atoms with Gasteiger partial charge >= 0.3 is 0 Å². The Morgan fingerprint density at radius 1 is 1.56 bits per heavy atom. The molecule has 1 aromatic rings. The second kappa shape index (κ2) is 4.91. The Labute approximate surface area is 109 Å². The molecule has 0 amide bonds. The van der Waals surface area contributed by atoms with Crippen molar-refractivity contribution in [2.24, 2.45) is 5.92 Å². The number of nitrogens with one attached hydrogen (secondary N) is 1. The Kier molecular flexibility index (Phi) is 3.66. The summed E-state index contributed by atoms with van der Waals surface area (Å²) in [5.74, 6) is 1.70. The third-order valence-corrected chi connectivity index (χ3v) is 4.93. The maximum atomic E-state index is 11.5. The number of hydrogen-bond acceptors (Lipinski definition) is 4. The fraction of sp³-hybridized carbons (Fsp3) is 0.750. The third kappa shape index (κ3) is 3.25. The Bertz CT molecular complexity index is 519. The zero-order chi connectivity index (χ0) is 13.3. The van der Waals surface area contributed by atoms with Crippen molar-refractivity contribution in [3.05, 3.63) is 11.9 Å². The van der Waals surface area contributed by atoms with E-state index in [0.717, 1.165) is 24.6 Å². The second-order valence-corrected chi connectivity index (χ2v) is 7.66. The van der Waals surface area contributed by atoms with Crippen molar-refractivity contribution in [2.45, 2.75) is 39.8 Å². The fourth-order valence-corrected chi connectivity index (χ4v) is 4.20. The van der Waals surface area contributed by atoms with Crippen LogP contribution in [0.15, 0.2) is 6.20 Å². The van der Waals surface area contributed by atoms with Crippen LogP contribution < -0.4 is 5.32 Å². The molecule has 2 rings (SSSR count). The largest absolute Gasteiger partial charge is 0.353 e. The van der Waals surface area contributed by atoms with Gasteiger partial charge in [0.2, 0.25) is 5.95 Å². The smallest absolute Gasteiger partial charge is 0.203 e. The summed E-state index contributed by atoms with van der Waals surface area (Å²) in [4.78, 5) is 4.43. The van der Waals surface area contributed by atoms with Crippen LogP contribution >= 0.6 is 0 Å². The lowest BCUT2D eigenvalue weighted by atomic mass is 10.1. The summed E-state index contributed by atoms with van der Waals surface area (Å²) < 4.78 is 25.0. The highest BCUT2D eigenvalue weighted by Gasteiger charge is 2.28. The lowest BCUT2D eigenvalue weighted by Gasteiger charge is -2.14. The Morgan fingerprint density at radius 3 is 2.83 bits per heavy atom. The van der Waals surface area contributed by atoms with E-state index >= 15 is 0 Å². The topological polar surface area (TPSA) is 64.0 Å². The monoisotopic (exact) mass is 271 g/mol. The number of rotatable bonds is 4. The van der Waals surface area contributed by atoms with E-state index in [1.165, 1.54) is 0 Å². The number of nitrogens with zero attached hydrogens (tertiary/aromatic N) is 2. The molecule has 0 saturated carbocycles. The lowest BCUT2D eigenvalue weighted by molar-refractivity contribution is 0.492. The molecule has 1 aliphatic heterocycles. The molecule has 5 nitrogen and oxygen atoms in total. The van der Waals surface area contributed by atoms with Gasteiger partial charge in [-0.1, -0.05) is 0 Å². The van der Waals surface area contributed by atoms with Crippen LogP contribution in [-0.2, 0) is 16.4 Å². The molecular formula is C12H21N3O2S. The van der Waals surface area contributed by atoms with Crippen LogP contribution in [0.25, 0.3) is 0 Å². The van der Waals surface area contributed by atoms with Crippen LogP contribution in [0.2, 0.25) is 0 Å². The van der Waals surface area contributed by atoms with Crippen LogP contribution in [0.1, 0.15) is 26.0 Å². The molecule has 1 atom stereocenters. The average molecular weight is 271 g/mol. The first kappa shape index (κ1) is 13.4. The molecule has 1 aliphatic rings. The van der Waals surface area contributed by atoms with Gasteiger partial charge < -0.3 is 9.88 Å². The van der Waals surface area contributed by atoms with Crippen molar-refractivity contribution in [2.75, 3.05) is 16.8 Å². The van der Waals surface area contributed by atoms with Crippen LogP contribution in [0.4, 0.5) is 5.95 Å². The maximum absolute atomic E-state index is 11.5. The van der Waals surface area contributed by atoms with Gasteiger partial charge in [-0.05, 0) is 33.1 Å². The molecule has 6 heteroatoms. The molecule has 1 aromatic heterocycles. The fourth-order valence-electron chi connectivity index (χ4n) is 2.35. The maximum Gasteiger partial charge on any atom is 0.203 e. The summed E-state index contributed by atoms with van der Waals surface area (Å²) in [5, 5.41) is 3.29. The van der Waals surface area contributed by atoms with Gasteiger partial charge in [0, 0.05) is 18.8 Å². The predicted octanol–water partition coefficient (Wildman–Crippen LogP) is 1.45. The molecule has 0 radical (unpaired) electrons. The molecule has 1 saturated heterocycles. The van der Waals surface area contributed by atoms with Gasteiger partial charge in [0.15, 0.2) is 9.84 Å². The van der Waals surface area contributed by atoms with Gasteiger partial charge in [-0.2, -0.15) is 0 Å². The van der Waals surface area contributed by atoms with Gasteiger partial charge in [-0.3, -0.25) is 0 Å². The average Bonchev–Trinajstić information content (AvgIpc) is 2.70. The minimum Gasteiger partial charge on any atom is -0.353 e. The van der Waals surface area contributed by atoms with Gasteiger partial charge in [0.25, 0.3) is 0 Å². The Hall–Kier alpha value is -1.04. The van der Waals surface area contributed by atoms with E-state index in [1.807, 2.05) is 17.7 Å². The number of imidazole rings is 1.